The van der Waals surface area contributed by atoms with Gasteiger partial charge in [-0.15, -0.1) is 16.1 Å². The number of nitrogens with zero attached hydrogens (tertiary/aromatic N) is 1. The minimum Gasteiger partial charge on any atom is -0.593 e. The van der Waals surface area contributed by atoms with Crippen LogP contribution in [0, 0.1) is 6.92 Å². The Kier molecular flexibility index (Phi) is 6.15. The highest BCUT2D eigenvalue weighted by Crippen LogP contribution is 2.25. The Morgan fingerprint density at radius 2 is 1.73 bits per heavy atom. The van der Waals surface area contributed by atoms with E-state index in [0.717, 1.165) is 11.1 Å². The maximum Gasteiger partial charge on any atom is 0.253 e. The number of likely N-dealkylation sites (tertiary alicyclic amines) is 1. The molecule has 1 aliphatic heterocycles. The van der Waals surface area contributed by atoms with E-state index in [2.05, 4.69) is 10.8 Å². The molecule has 1 aliphatic rings. The van der Waals surface area contributed by atoms with Crippen LogP contribution in [0.3, 0.4) is 0 Å². The van der Waals surface area contributed by atoms with E-state index in [0.29, 0.717) is 31.5 Å². The van der Waals surface area contributed by atoms with Gasteiger partial charge in [0.2, 0.25) is 0 Å². The lowest BCUT2D eigenvalue weighted by Crippen LogP contribution is -2.48. The summed E-state index contributed by atoms with van der Waals surface area (Å²) < 4.78 is 28.0. The van der Waals surface area contributed by atoms with Gasteiger partial charge in [-0.25, -0.2) is 0 Å². The van der Waals surface area contributed by atoms with Crippen LogP contribution in [0.2, 0.25) is 0 Å². The highest BCUT2D eigenvalue weighted by molar-refractivity contribution is 7.95. The van der Waals surface area contributed by atoms with Crippen LogP contribution >= 0.6 is 11.3 Å². The zero-order valence-electron chi connectivity index (χ0n) is 16.7. The topological polar surface area (TPSA) is 72.5 Å². The number of aryl methyl sites for hydroxylation is 1. The molecule has 1 N–H and O–H groups in total. The molecular weight excluding hydrogens is 416 g/mol. The standard InChI is InChI=1S/C23H24N2O3S2/c1-17-4-10-21(11-5-17)30(27,28)24-20-12-14-25(15-13-20)23(26)19-8-6-18(7-9-19)22-3-2-16-29-22/h2-11,16,20H,12-15H2,1H3,(H-,24,27,28). The number of thiophene rings is 1. The molecular formula is C23H24N2O3S2. The molecule has 4 rings (SSSR count). The average molecular weight is 441 g/mol. The number of amides is 1. The Labute approximate surface area is 182 Å². The fourth-order valence-corrected chi connectivity index (χ4v) is 5.65. The van der Waals surface area contributed by atoms with Crippen LogP contribution in [-0.4, -0.2) is 34.5 Å². The monoisotopic (exact) mass is 440 g/mol. The van der Waals surface area contributed by atoms with Crippen molar-refractivity contribution in [3.05, 3.63) is 77.2 Å². The quantitative estimate of drug-likeness (QED) is 0.593. The van der Waals surface area contributed by atoms with Crippen LogP contribution in [0.4, 0.5) is 0 Å². The highest BCUT2D eigenvalue weighted by atomic mass is 32.3. The summed E-state index contributed by atoms with van der Waals surface area (Å²) in [6, 6.07) is 18.4. The molecule has 2 heterocycles. The van der Waals surface area contributed by atoms with Gasteiger partial charge in [0.15, 0.2) is 15.3 Å². The molecule has 1 aromatic heterocycles. The number of carbonyl (C=O) groups excluding carboxylic acids is 1. The molecule has 0 spiro atoms. The number of hydrogen-bond acceptors (Lipinski definition) is 4. The Balaban J connectivity index is 1.34. The third-order valence-electron chi connectivity index (χ3n) is 5.37. The first-order chi connectivity index (χ1) is 14.4. The number of nitrogens with one attached hydrogen (secondary N) is 1. The van der Waals surface area contributed by atoms with E-state index in [1.54, 1.807) is 40.5 Å². The van der Waals surface area contributed by atoms with Crippen LogP contribution in [0.25, 0.3) is 10.4 Å². The summed E-state index contributed by atoms with van der Waals surface area (Å²) in [5.74, 6) is -0.00688. The van der Waals surface area contributed by atoms with Crippen molar-refractivity contribution < 1.29 is 13.6 Å². The minimum atomic E-state index is -3.55. The number of sulfonamides is 1. The van der Waals surface area contributed by atoms with Crippen molar-refractivity contribution >= 4 is 27.6 Å². The van der Waals surface area contributed by atoms with Crippen molar-refractivity contribution in [3.63, 3.8) is 0 Å². The van der Waals surface area contributed by atoms with Crippen molar-refractivity contribution in [2.45, 2.75) is 30.7 Å². The van der Waals surface area contributed by atoms with Gasteiger partial charge in [-0.1, -0.05) is 40.1 Å². The summed E-state index contributed by atoms with van der Waals surface area (Å²) in [7, 11) is -3.55. The Morgan fingerprint density at radius 3 is 2.33 bits per heavy atom. The maximum absolute atomic E-state index is 12.8. The number of rotatable bonds is 5. The van der Waals surface area contributed by atoms with E-state index < -0.39 is 10.4 Å². The number of benzene rings is 2. The first-order valence-electron chi connectivity index (χ1n) is 9.94. The molecule has 0 aliphatic carbocycles. The molecule has 3 aromatic rings. The summed E-state index contributed by atoms with van der Waals surface area (Å²) >= 11 is 1.67. The number of hydrogen-bond donors (Lipinski definition) is 1. The number of piperidine rings is 1. The summed E-state index contributed by atoms with van der Waals surface area (Å²) in [5.41, 5.74) is 2.78. The third-order valence-corrected chi connectivity index (χ3v) is 7.83. The van der Waals surface area contributed by atoms with Crippen molar-refractivity contribution in [3.8, 4) is 10.4 Å². The Bertz CT molecular complexity index is 1040. The lowest BCUT2D eigenvalue weighted by molar-refractivity contribution is 0.0711. The van der Waals surface area contributed by atoms with E-state index in [1.807, 2.05) is 42.6 Å². The van der Waals surface area contributed by atoms with E-state index >= 15 is 0 Å². The normalized spacial score (nSPS) is 16.9. The van der Waals surface area contributed by atoms with Gasteiger partial charge in [-0.3, -0.25) is 4.79 Å². The van der Waals surface area contributed by atoms with E-state index in [9.17, 15) is 13.6 Å². The molecule has 1 fully saturated rings. The highest BCUT2D eigenvalue weighted by Gasteiger charge is 2.30. The number of carbonyl (C=O) groups is 1. The molecule has 2 aromatic carbocycles. The predicted octanol–water partition coefficient (Wildman–Crippen LogP) is 4.52. The fourth-order valence-electron chi connectivity index (χ4n) is 3.61. The molecule has 0 saturated carbocycles. The van der Waals surface area contributed by atoms with Crippen molar-refractivity contribution in [2.75, 3.05) is 13.1 Å². The summed E-state index contributed by atoms with van der Waals surface area (Å²) in [6.45, 7) is 2.99. The van der Waals surface area contributed by atoms with E-state index in [1.165, 1.54) is 4.88 Å². The van der Waals surface area contributed by atoms with Crippen molar-refractivity contribution in [1.29, 1.82) is 0 Å². The summed E-state index contributed by atoms with van der Waals surface area (Å²) in [6.07, 6.45) is 1.20. The SMILES string of the molecule is Cc1ccc([S+](=O)([O-])NC2CCN(C(=O)c3ccc(-c4cccs4)cc3)CC2)cc1. The molecule has 7 heteroatoms. The first-order valence-corrected chi connectivity index (χ1v) is 12.3. The van der Waals surface area contributed by atoms with Gasteiger partial charge in [0.25, 0.3) is 5.91 Å². The molecule has 1 amide bonds. The zero-order chi connectivity index (χ0) is 21.1. The van der Waals surface area contributed by atoms with Gasteiger partial charge in [0.1, 0.15) is 0 Å². The Morgan fingerprint density at radius 1 is 1.07 bits per heavy atom. The van der Waals surface area contributed by atoms with E-state index in [4.69, 9.17) is 0 Å². The van der Waals surface area contributed by atoms with Crippen LogP contribution in [0.1, 0.15) is 28.8 Å². The van der Waals surface area contributed by atoms with Gasteiger partial charge < -0.3 is 9.45 Å². The van der Waals surface area contributed by atoms with Gasteiger partial charge in [0.05, 0.1) is 6.04 Å². The largest absolute Gasteiger partial charge is 0.593 e. The van der Waals surface area contributed by atoms with E-state index in [-0.39, 0.29) is 16.8 Å². The van der Waals surface area contributed by atoms with Crippen molar-refractivity contribution in [2.24, 2.45) is 0 Å². The van der Waals surface area contributed by atoms with Crippen LogP contribution < -0.4 is 4.72 Å². The second-order valence-electron chi connectivity index (χ2n) is 7.56. The molecule has 30 heavy (non-hydrogen) atoms. The van der Waals surface area contributed by atoms with Gasteiger partial charge in [-0.2, -0.15) is 0 Å². The molecule has 1 unspecified atom stereocenters. The molecule has 156 valence electrons. The maximum atomic E-state index is 12.8. The smallest absolute Gasteiger partial charge is 0.253 e. The van der Waals surface area contributed by atoms with Crippen LogP contribution in [0.15, 0.2) is 70.9 Å². The zero-order valence-corrected chi connectivity index (χ0v) is 18.4. The summed E-state index contributed by atoms with van der Waals surface area (Å²) in [4.78, 5) is 16.1. The van der Waals surface area contributed by atoms with Crippen molar-refractivity contribution in [1.82, 2.24) is 9.62 Å². The molecule has 1 saturated heterocycles. The molecule has 1 atom stereocenters. The lowest BCUT2D eigenvalue weighted by Gasteiger charge is -2.33. The summed E-state index contributed by atoms with van der Waals surface area (Å²) in [5, 5.41) is 2.03. The second kappa shape index (κ2) is 8.81. The molecule has 5 nitrogen and oxygen atoms in total. The predicted molar refractivity (Wildman–Crippen MR) is 120 cm³/mol. The minimum absolute atomic E-state index is 0.00688. The Hall–Kier alpha value is -2.32. The third kappa shape index (κ3) is 4.70. The molecule has 0 radical (unpaired) electrons. The van der Waals surface area contributed by atoms with Crippen LogP contribution in [0.5, 0.6) is 0 Å². The lowest BCUT2D eigenvalue weighted by atomic mass is 10.0. The van der Waals surface area contributed by atoms with Gasteiger partial charge >= 0.3 is 0 Å². The average Bonchev–Trinajstić information content (AvgIpc) is 3.29. The molecule has 0 bridgehead atoms. The van der Waals surface area contributed by atoms with Crippen LogP contribution in [-0.2, 0) is 14.6 Å². The van der Waals surface area contributed by atoms with Gasteiger partial charge in [-0.05, 0) is 61.0 Å². The second-order valence-corrected chi connectivity index (χ2v) is 10.2. The first kappa shape index (κ1) is 20.9. The fraction of sp³-hybridized carbons (Fsp3) is 0.261. The van der Waals surface area contributed by atoms with Gasteiger partial charge in [0, 0.05) is 23.5 Å².